The fourth-order valence-corrected chi connectivity index (χ4v) is 3.57. The summed E-state index contributed by atoms with van der Waals surface area (Å²) in [5.41, 5.74) is 2.44. The normalized spacial score (nSPS) is 12.3. The number of fused-ring (bicyclic) bond motifs is 1. The van der Waals surface area contributed by atoms with Gasteiger partial charge in [0.25, 0.3) is 0 Å². The van der Waals surface area contributed by atoms with E-state index < -0.39 is 0 Å². The topological polar surface area (TPSA) is 42.0 Å². The van der Waals surface area contributed by atoms with E-state index in [4.69, 9.17) is 23.2 Å². The molecule has 1 aromatic heterocycles. The molecule has 1 unspecified atom stereocenters. The molecule has 2 aromatic carbocycles. The molecule has 23 heavy (non-hydrogen) atoms. The van der Waals surface area contributed by atoms with Crippen molar-refractivity contribution in [1.29, 1.82) is 0 Å². The van der Waals surface area contributed by atoms with Gasteiger partial charge in [0.2, 0.25) is 0 Å². The minimum absolute atomic E-state index is 0.00400. The molecule has 1 N–H and O–H groups in total. The lowest BCUT2D eigenvalue weighted by Crippen LogP contribution is -2.26. The molecule has 0 spiro atoms. The van der Waals surface area contributed by atoms with Crippen LogP contribution in [-0.2, 0) is 0 Å². The van der Waals surface area contributed by atoms with E-state index in [1.54, 1.807) is 24.3 Å². The van der Waals surface area contributed by atoms with Crippen LogP contribution >= 0.6 is 34.5 Å². The van der Waals surface area contributed by atoms with Crippen molar-refractivity contribution in [2.45, 2.75) is 19.9 Å². The van der Waals surface area contributed by atoms with E-state index >= 15 is 0 Å². The monoisotopic (exact) mass is 364 g/mol. The SMILES string of the molecule is Cc1c(Cl)ccc2sc(NC(C)C(=O)c3ccc(Cl)cc3)nc12. The minimum Gasteiger partial charge on any atom is -0.352 e. The van der Waals surface area contributed by atoms with Gasteiger partial charge in [-0.25, -0.2) is 4.98 Å². The first-order chi connectivity index (χ1) is 11.0. The summed E-state index contributed by atoms with van der Waals surface area (Å²) in [5.74, 6) is -0.00400. The lowest BCUT2D eigenvalue weighted by molar-refractivity contribution is 0.0975. The van der Waals surface area contributed by atoms with Gasteiger partial charge in [-0.1, -0.05) is 34.5 Å². The summed E-state index contributed by atoms with van der Waals surface area (Å²) >= 11 is 13.5. The summed E-state index contributed by atoms with van der Waals surface area (Å²) < 4.78 is 1.04. The van der Waals surface area contributed by atoms with Crippen molar-refractivity contribution in [2.24, 2.45) is 0 Å². The van der Waals surface area contributed by atoms with Crippen LogP contribution < -0.4 is 5.32 Å². The maximum atomic E-state index is 12.4. The van der Waals surface area contributed by atoms with Gasteiger partial charge in [0.15, 0.2) is 10.9 Å². The Hall–Kier alpha value is -1.62. The van der Waals surface area contributed by atoms with E-state index in [0.717, 1.165) is 15.8 Å². The number of carbonyl (C=O) groups is 1. The Labute approximate surface area is 148 Å². The maximum Gasteiger partial charge on any atom is 0.184 e. The van der Waals surface area contributed by atoms with E-state index in [0.29, 0.717) is 20.7 Å². The molecule has 3 aromatic rings. The smallest absolute Gasteiger partial charge is 0.184 e. The quantitative estimate of drug-likeness (QED) is 0.613. The van der Waals surface area contributed by atoms with Crippen molar-refractivity contribution >= 4 is 55.7 Å². The molecule has 0 bridgehead atoms. The van der Waals surface area contributed by atoms with E-state index in [1.807, 2.05) is 26.0 Å². The van der Waals surface area contributed by atoms with Crippen LogP contribution in [0.4, 0.5) is 5.13 Å². The molecule has 0 aliphatic rings. The lowest BCUT2D eigenvalue weighted by Gasteiger charge is -2.11. The highest BCUT2D eigenvalue weighted by Crippen LogP contribution is 2.32. The van der Waals surface area contributed by atoms with Crippen LogP contribution in [0.3, 0.4) is 0 Å². The number of carbonyl (C=O) groups excluding carboxylic acids is 1. The molecule has 0 saturated heterocycles. The van der Waals surface area contributed by atoms with Crippen LogP contribution in [0.2, 0.25) is 10.0 Å². The van der Waals surface area contributed by atoms with Crippen LogP contribution in [0, 0.1) is 6.92 Å². The summed E-state index contributed by atoms with van der Waals surface area (Å²) in [5, 5.41) is 5.19. The van der Waals surface area contributed by atoms with Crippen molar-refractivity contribution in [1.82, 2.24) is 4.98 Å². The number of nitrogens with zero attached hydrogens (tertiary/aromatic N) is 1. The highest BCUT2D eigenvalue weighted by Gasteiger charge is 2.17. The predicted molar refractivity (Wildman–Crippen MR) is 98.2 cm³/mol. The molecule has 0 aliphatic heterocycles. The zero-order chi connectivity index (χ0) is 16.6. The second kappa shape index (κ2) is 6.48. The third kappa shape index (κ3) is 3.34. The number of aromatic nitrogens is 1. The average molecular weight is 365 g/mol. The lowest BCUT2D eigenvalue weighted by atomic mass is 10.1. The minimum atomic E-state index is -0.382. The van der Waals surface area contributed by atoms with Crippen molar-refractivity contribution in [3.63, 3.8) is 0 Å². The Morgan fingerprint density at radius 2 is 1.87 bits per heavy atom. The van der Waals surface area contributed by atoms with Crippen molar-refractivity contribution in [3.05, 3.63) is 57.6 Å². The Morgan fingerprint density at radius 3 is 2.57 bits per heavy atom. The molecule has 118 valence electrons. The van der Waals surface area contributed by atoms with Crippen molar-refractivity contribution < 1.29 is 4.79 Å². The van der Waals surface area contributed by atoms with Gasteiger partial charge in [0.05, 0.1) is 16.3 Å². The number of hydrogen-bond donors (Lipinski definition) is 1. The van der Waals surface area contributed by atoms with Crippen molar-refractivity contribution in [2.75, 3.05) is 5.32 Å². The highest BCUT2D eigenvalue weighted by molar-refractivity contribution is 7.22. The molecule has 1 heterocycles. The third-order valence-electron chi connectivity index (χ3n) is 3.61. The number of nitrogens with one attached hydrogen (secondary N) is 1. The Bertz CT molecular complexity index is 874. The molecule has 6 heteroatoms. The zero-order valence-corrected chi connectivity index (χ0v) is 14.9. The van der Waals surface area contributed by atoms with Gasteiger partial charge >= 0.3 is 0 Å². The summed E-state index contributed by atoms with van der Waals surface area (Å²) in [7, 11) is 0. The number of Topliss-reactive ketones (excluding diaryl/α,β-unsaturated/α-hetero) is 1. The van der Waals surface area contributed by atoms with Crippen LogP contribution in [0.15, 0.2) is 36.4 Å². The van der Waals surface area contributed by atoms with Crippen molar-refractivity contribution in [3.8, 4) is 0 Å². The van der Waals surface area contributed by atoms with Gasteiger partial charge in [-0.3, -0.25) is 4.79 Å². The number of hydrogen-bond acceptors (Lipinski definition) is 4. The summed E-state index contributed by atoms with van der Waals surface area (Å²) in [6.45, 7) is 3.76. The molecule has 3 nitrogen and oxygen atoms in total. The van der Waals surface area contributed by atoms with Gasteiger partial charge in [-0.15, -0.1) is 0 Å². The number of anilines is 1. The van der Waals surface area contributed by atoms with Crippen LogP contribution in [0.1, 0.15) is 22.8 Å². The molecular formula is C17H14Cl2N2OS. The van der Waals surface area contributed by atoms with E-state index in [2.05, 4.69) is 10.3 Å². The molecule has 0 fully saturated rings. The number of benzene rings is 2. The summed E-state index contributed by atoms with van der Waals surface area (Å²) in [6, 6.07) is 10.3. The van der Waals surface area contributed by atoms with Crippen LogP contribution in [0.5, 0.6) is 0 Å². The third-order valence-corrected chi connectivity index (χ3v) is 5.22. The fraction of sp³-hybridized carbons (Fsp3) is 0.176. The second-order valence-electron chi connectivity index (χ2n) is 5.28. The number of thiazole rings is 1. The average Bonchev–Trinajstić information content (AvgIpc) is 2.94. The fourth-order valence-electron chi connectivity index (χ4n) is 2.28. The molecule has 0 aliphatic carbocycles. The maximum absolute atomic E-state index is 12.4. The molecular weight excluding hydrogens is 351 g/mol. The molecule has 0 radical (unpaired) electrons. The Balaban J connectivity index is 1.82. The molecule has 0 amide bonds. The van der Waals surface area contributed by atoms with Crippen LogP contribution in [0.25, 0.3) is 10.2 Å². The van der Waals surface area contributed by atoms with Gasteiger partial charge in [-0.05, 0) is 55.8 Å². The first-order valence-electron chi connectivity index (χ1n) is 7.07. The summed E-state index contributed by atoms with van der Waals surface area (Å²) in [4.78, 5) is 17.0. The number of rotatable bonds is 4. The molecule has 0 saturated carbocycles. The second-order valence-corrected chi connectivity index (χ2v) is 7.15. The van der Waals surface area contributed by atoms with Gasteiger partial charge in [-0.2, -0.15) is 0 Å². The van der Waals surface area contributed by atoms with Crippen LogP contribution in [-0.4, -0.2) is 16.8 Å². The Morgan fingerprint density at radius 1 is 1.17 bits per heavy atom. The highest BCUT2D eigenvalue weighted by atomic mass is 35.5. The first kappa shape index (κ1) is 16.2. The number of ketones is 1. The standard InChI is InChI=1S/C17H14Cl2N2OS/c1-9-13(19)7-8-14-15(9)21-17(23-14)20-10(2)16(22)11-3-5-12(18)6-4-11/h3-8,10H,1-2H3,(H,20,21). The van der Waals surface area contributed by atoms with E-state index in [1.165, 1.54) is 11.3 Å². The first-order valence-corrected chi connectivity index (χ1v) is 8.65. The van der Waals surface area contributed by atoms with E-state index in [9.17, 15) is 4.79 Å². The number of aryl methyl sites for hydroxylation is 1. The predicted octanol–water partition coefficient (Wildman–Crippen LogP) is 5.59. The van der Waals surface area contributed by atoms with E-state index in [-0.39, 0.29) is 11.8 Å². The van der Waals surface area contributed by atoms with Gasteiger partial charge in [0.1, 0.15) is 0 Å². The molecule has 3 rings (SSSR count). The molecule has 1 atom stereocenters. The summed E-state index contributed by atoms with van der Waals surface area (Å²) in [6.07, 6.45) is 0. The largest absolute Gasteiger partial charge is 0.352 e. The zero-order valence-electron chi connectivity index (χ0n) is 12.6. The number of halogens is 2. The van der Waals surface area contributed by atoms with Gasteiger partial charge in [0, 0.05) is 15.6 Å². The van der Waals surface area contributed by atoms with Gasteiger partial charge < -0.3 is 5.32 Å². The Kier molecular flexibility index (Phi) is 4.57.